The van der Waals surface area contributed by atoms with Crippen molar-refractivity contribution in [2.24, 2.45) is 0 Å². The van der Waals surface area contributed by atoms with Crippen LogP contribution in [0.4, 0.5) is 11.8 Å². The highest BCUT2D eigenvalue weighted by atomic mass is 15.2. The molecule has 0 saturated carbocycles. The Bertz CT molecular complexity index is 568. The van der Waals surface area contributed by atoms with E-state index in [0.29, 0.717) is 6.04 Å². The van der Waals surface area contributed by atoms with Crippen molar-refractivity contribution in [1.82, 2.24) is 9.97 Å². The summed E-state index contributed by atoms with van der Waals surface area (Å²) in [6.45, 7) is 7.12. The lowest BCUT2D eigenvalue weighted by Crippen LogP contribution is -2.21. The number of hydrogen-bond donors (Lipinski definition) is 1. The van der Waals surface area contributed by atoms with Gasteiger partial charge in [-0.05, 0) is 25.8 Å². The third-order valence-electron chi connectivity index (χ3n) is 3.45. The van der Waals surface area contributed by atoms with Crippen LogP contribution >= 0.6 is 0 Å². The summed E-state index contributed by atoms with van der Waals surface area (Å²) in [5.74, 6) is 1.65. The maximum Gasteiger partial charge on any atom is 0.227 e. The maximum absolute atomic E-state index is 4.62. The fourth-order valence-corrected chi connectivity index (χ4v) is 2.08. The van der Waals surface area contributed by atoms with Crippen LogP contribution in [-0.2, 0) is 6.54 Å². The summed E-state index contributed by atoms with van der Waals surface area (Å²) in [7, 11) is 2.02. The van der Waals surface area contributed by atoms with Crippen molar-refractivity contribution in [3.63, 3.8) is 0 Å². The van der Waals surface area contributed by atoms with E-state index in [9.17, 15) is 0 Å². The topological polar surface area (TPSA) is 41.1 Å². The van der Waals surface area contributed by atoms with Crippen molar-refractivity contribution in [3.05, 3.63) is 47.7 Å². The van der Waals surface area contributed by atoms with Gasteiger partial charge in [0.15, 0.2) is 0 Å². The molecule has 21 heavy (non-hydrogen) atoms. The van der Waals surface area contributed by atoms with E-state index in [1.807, 2.05) is 26.1 Å². The van der Waals surface area contributed by atoms with Gasteiger partial charge in [0.25, 0.3) is 0 Å². The highest BCUT2D eigenvalue weighted by Crippen LogP contribution is 2.16. The van der Waals surface area contributed by atoms with Gasteiger partial charge < -0.3 is 10.2 Å². The van der Waals surface area contributed by atoms with Crippen molar-refractivity contribution in [3.8, 4) is 0 Å². The maximum atomic E-state index is 4.62. The van der Waals surface area contributed by atoms with Crippen LogP contribution < -0.4 is 10.2 Å². The molecular formula is C17H24N4. The second kappa shape index (κ2) is 7.07. The first-order valence-corrected chi connectivity index (χ1v) is 7.45. The highest BCUT2D eigenvalue weighted by molar-refractivity contribution is 5.44. The van der Waals surface area contributed by atoms with Gasteiger partial charge in [-0.15, -0.1) is 0 Å². The summed E-state index contributed by atoms with van der Waals surface area (Å²) in [6, 6.07) is 12.8. The molecule has 0 bridgehead atoms. The van der Waals surface area contributed by atoms with Gasteiger partial charge >= 0.3 is 0 Å². The van der Waals surface area contributed by atoms with Crippen LogP contribution in [0.15, 0.2) is 36.4 Å². The van der Waals surface area contributed by atoms with Crippen LogP contribution in [-0.4, -0.2) is 23.1 Å². The normalized spacial score (nSPS) is 12.0. The quantitative estimate of drug-likeness (QED) is 0.879. The molecule has 0 radical (unpaired) electrons. The molecule has 112 valence electrons. The zero-order chi connectivity index (χ0) is 15.2. The van der Waals surface area contributed by atoms with Gasteiger partial charge in [0, 0.05) is 31.4 Å². The molecule has 1 unspecified atom stereocenters. The second-order valence-electron chi connectivity index (χ2n) is 5.49. The minimum Gasteiger partial charge on any atom is -0.367 e. The van der Waals surface area contributed by atoms with Crippen LogP contribution in [0.1, 0.15) is 31.5 Å². The predicted octanol–water partition coefficient (Wildman–Crippen LogP) is 3.63. The van der Waals surface area contributed by atoms with E-state index in [1.54, 1.807) is 0 Å². The summed E-state index contributed by atoms with van der Waals surface area (Å²) in [6.07, 6.45) is 1.07. The van der Waals surface area contributed by atoms with E-state index < -0.39 is 0 Å². The number of benzene rings is 1. The lowest BCUT2D eigenvalue weighted by atomic mass is 10.2. The summed E-state index contributed by atoms with van der Waals surface area (Å²) in [5.41, 5.74) is 2.23. The molecular weight excluding hydrogens is 260 g/mol. The fourth-order valence-electron chi connectivity index (χ4n) is 2.08. The Kier molecular flexibility index (Phi) is 5.14. The summed E-state index contributed by atoms with van der Waals surface area (Å²) in [4.78, 5) is 11.2. The van der Waals surface area contributed by atoms with E-state index >= 15 is 0 Å². The fraction of sp³-hybridized carbons (Fsp3) is 0.412. The van der Waals surface area contributed by atoms with Gasteiger partial charge in [-0.3, -0.25) is 0 Å². The predicted molar refractivity (Wildman–Crippen MR) is 88.7 cm³/mol. The molecule has 1 aromatic heterocycles. The molecule has 1 heterocycles. The molecule has 0 amide bonds. The van der Waals surface area contributed by atoms with Crippen molar-refractivity contribution in [1.29, 1.82) is 0 Å². The van der Waals surface area contributed by atoms with Crippen LogP contribution in [0.3, 0.4) is 0 Å². The number of nitrogens with zero attached hydrogens (tertiary/aromatic N) is 3. The summed E-state index contributed by atoms with van der Waals surface area (Å²) in [5, 5.41) is 3.41. The van der Waals surface area contributed by atoms with Gasteiger partial charge in [0.05, 0.1) is 0 Å². The molecule has 0 aliphatic rings. The van der Waals surface area contributed by atoms with Crippen molar-refractivity contribution in [2.75, 3.05) is 17.3 Å². The lowest BCUT2D eigenvalue weighted by molar-refractivity contribution is 0.755. The Labute approximate surface area is 127 Å². The van der Waals surface area contributed by atoms with Crippen LogP contribution in [0.5, 0.6) is 0 Å². The molecule has 0 fully saturated rings. The Morgan fingerprint density at radius 2 is 1.90 bits per heavy atom. The smallest absolute Gasteiger partial charge is 0.227 e. The summed E-state index contributed by atoms with van der Waals surface area (Å²) >= 11 is 0. The molecule has 1 aromatic carbocycles. The molecule has 0 aliphatic carbocycles. The molecule has 4 nitrogen and oxygen atoms in total. The number of aryl methyl sites for hydroxylation is 1. The van der Waals surface area contributed by atoms with Gasteiger partial charge in [-0.25, -0.2) is 4.98 Å². The van der Waals surface area contributed by atoms with Crippen LogP contribution in [0.2, 0.25) is 0 Å². The Morgan fingerprint density at radius 1 is 1.19 bits per heavy atom. The monoisotopic (exact) mass is 284 g/mol. The molecule has 4 heteroatoms. The van der Waals surface area contributed by atoms with Crippen molar-refractivity contribution < 1.29 is 0 Å². The number of anilines is 2. The first kappa shape index (κ1) is 15.3. The Morgan fingerprint density at radius 3 is 2.57 bits per heavy atom. The van der Waals surface area contributed by atoms with E-state index in [-0.39, 0.29) is 0 Å². The molecule has 2 aromatic rings. The Balaban J connectivity index is 2.15. The van der Waals surface area contributed by atoms with Gasteiger partial charge in [0.2, 0.25) is 5.95 Å². The van der Waals surface area contributed by atoms with Gasteiger partial charge in [0.1, 0.15) is 5.82 Å². The third kappa shape index (κ3) is 4.45. The van der Waals surface area contributed by atoms with Gasteiger partial charge in [-0.2, -0.15) is 4.98 Å². The van der Waals surface area contributed by atoms with Crippen LogP contribution in [0.25, 0.3) is 0 Å². The number of hydrogen-bond acceptors (Lipinski definition) is 4. The molecule has 0 aliphatic heterocycles. The molecule has 1 N–H and O–H groups in total. The molecule has 1 atom stereocenters. The lowest BCUT2D eigenvalue weighted by Gasteiger charge is -2.19. The van der Waals surface area contributed by atoms with E-state index in [1.165, 1.54) is 5.56 Å². The zero-order valence-corrected chi connectivity index (χ0v) is 13.3. The number of rotatable bonds is 6. The first-order valence-electron chi connectivity index (χ1n) is 7.45. The van der Waals surface area contributed by atoms with E-state index in [2.05, 4.69) is 58.3 Å². The standard InChI is InChI=1S/C17H24N4/c1-5-13(2)18-16-11-14(3)19-17(20-16)21(4)12-15-9-7-6-8-10-15/h6-11,13H,5,12H2,1-4H3,(H,18,19,20). The summed E-state index contributed by atoms with van der Waals surface area (Å²) < 4.78 is 0. The average molecular weight is 284 g/mol. The van der Waals surface area contributed by atoms with E-state index in [0.717, 1.165) is 30.4 Å². The largest absolute Gasteiger partial charge is 0.367 e. The van der Waals surface area contributed by atoms with Crippen molar-refractivity contribution >= 4 is 11.8 Å². The van der Waals surface area contributed by atoms with Crippen LogP contribution in [0, 0.1) is 6.92 Å². The Hall–Kier alpha value is -2.10. The van der Waals surface area contributed by atoms with E-state index in [4.69, 9.17) is 0 Å². The average Bonchev–Trinajstić information content (AvgIpc) is 2.47. The highest BCUT2D eigenvalue weighted by Gasteiger charge is 2.09. The third-order valence-corrected chi connectivity index (χ3v) is 3.45. The SMILES string of the molecule is CCC(C)Nc1cc(C)nc(N(C)Cc2ccccc2)n1. The second-order valence-corrected chi connectivity index (χ2v) is 5.49. The minimum absolute atomic E-state index is 0.409. The van der Waals surface area contributed by atoms with Gasteiger partial charge in [-0.1, -0.05) is 37.3 Å². The number of nitrogens with one attached hydrogen (secondary N) is 1. The zero-order valence-electron chi connectivity index (χ0n) is 13.3. The minimum atomic E-state index is 0.409. The first-order chi connectivity index (χ1) is 10.1. The number of aromatic nitrogens is 2. The molecule has 0 spiro atoms. The molecule has 0 saturated heterocycles. The van der Waals surface area contributed by atoms with Crippen molar-refractivity contribution in [2.45, 2.75) is 39.8 Å². The molecule has 2 rings (SSSR count).